The van der Waals surface area contributed by atoms with Gasteiger partial charge in [0.15, 0.2) is 5.78 Å². The number of carbonyl (C=O) groups is 1. The molecule has 4 rings (SSSR count). The number of nitrogens with zero attached hydrogens (tertiary/aromatic N) is 4. The molecule has 1 aromatic carbocycles. The molecular weight excluding hydrogens is 288 g/mol. The lowest BCUT2D eigenvalue weighted by Crippen LogP contribution is -2.08. The van der Waals surface area contributed by atoms with Gasteiger partial charge in [-0.25, -0.2) is 4.98 Å². The number of hydrogen-bond acceptors (Lipinski definition) is 4. The molecule has 1 saturated carbocycles. The van der Waals surface area contributed by atoms with Crippen molar-refractivity contribution in [3.8, 4) is 0 Å². The van der Waals surface area contributed by atoms with E-state index in [0.717, 1.165) is 22.0 Å². The number of fused-ring (bicyclic) bond motifs is 3. The maximum Gasteiger partial charge on any atom is 0.200 e. The van der Waals surface area contributed by atoms with Crippen LogP contribution in [0.1, 0.15) is 55.9 Å². The van der Waals surface area contributed by atoms with Gasteiger partial charge in [-0.05, 0) is 31.0 Å². The van der Waals surface area contributed by atoms with E-state index in [1.807, 2.05) is 38.4 Å². The van der Waals surface area contributed by atoms with Gasteiger partial charge in [0.2, 0.25) is 5.65 Å². The van der Waals surface area contributed by atoms with E-state index < -0.39 is 0 Å². The summed E-state index contributed by atoms with van der Waals surface area (Å²) in [6, 6.07) is 6.18. The van der Waals surface area contributed by atoms with E-state index in [0.29, 0.717) is 11.7 Å². The van der Waals surface area contributed by atoms with Crippen molar-refractivity contribution in [3.05, 3.63) is 30.1 Å². The van der Waals surface area contributed by atoms with E-state index in [2.05, 4.69) is 19.7 Å². The number of ketones is 1. The van der Waals surface area contributed by atoms with Crippen LogP contribution in [-0.2, 0) is 0 Å². The Morgan fingerprint density at radius 2 is 2.00 bits per heavy atom. The van der Waals surface area contributed by atoms with E-state index in [-0.39, 0.29) is 11.7 Å². The summed E-state index contributed by atoms with van der Waals surface area (Å²) in [7, 11) is 0. The second kappa shape index (κ2) is 5.41. The van der Waals surface area contributed by atoms with Crippen LogP contribution in [-0.4, -0.2) is 25.5 Å². The zero-order chi connectivity index (χ0) is 16.0. The first kappa shape index (κ1) is 14.3. The smallest absolute Gasteiger partial charge is 0.200 e. The Balaban J connectivity index is 1.96. The lowest BCUT2D eigenvalue weighted by molar-refractivity contribution is 0.0939. The molecule has 0 atom stereocenters. The van der Waals surface area contributed by atoms with Crippen LogP contribution in [0.2, 0.25) is 0 Å². The Kier molecular flexibility index (Phi) is 3.36. The minimum atomic E-state index is -0.0162. The van der Waals surface area contributed by atoms with Gasteiger partial charge in [0.25, 0.3) is 0 Å². The number of benzene rings is 1. The summed E-state index contributed by atoms with van der Waals surface area (Å²) in [6.45, 7) is 3.85. The molecule has 2 aromatic heterocycles. The Morgan fingerprint density at radius 3 is 2.74 bits per heavy atom. The minimum absolute atomic E-state index is 0.0162. The number of imidazole rings is 1. The minimum Gasteiger partial charge on any atom is -0.325 e. The van der Waals surface area contributed by atoms with Crippen LogP contribution in [0.25, 0.3) is 22.1 Å². The Labute approximate surface area is 134 Å². The molecule has 1 fully saturated rings. The van der Waals surface area contributed by atoms with Crippen LogP contribution in [0, 0.1) is 5.92 Å². The predicted octanol–water partition coefficient (Wildman–Crippen LogP) is 3.93. The standard InChI is InChI=1S/C18H20N4O/c1-11(2)17(23)12-7-8-15-14(9-12)16-18(21-20-15)19-10-22(16)13-5-3-4-6-13/h7-11,13H,3-6H2,1-2H3. The van der Waals surface area contributed by atoms with E-state index >= 15 is 0 Å². The lowest BCUT2D eigenvalue weighted by atomic mass is 9.99. The first-order valence-electron chi connectivity index (χ1n) is 8.32. The molecule has 0 saturated heterocycles. The fourth-order valence-corrected chi connectivity index (χ4v) is 3.54. The SMILES string of the molecule is CC(C)C(=O)c1ccc2nnc3ncn(C4CCCC4)c3c2c1. The van der Waals surface area contributed by atoms with Gasteiger partial charge in [0.1, 0.15) is 0 Å². The zero-order valence-electron chi connectivity index (χ0n) is 13.5. The summed E-state index contributed by atoms with van der Waals surface area (Å²) in [4.78, 5) is 16.8. The number of rotatable bonds is 3. The third-order valence-electron chi connectivity index (χ3n) is 4.81. The second-order valence-corrected chi connectivity index (χ2v) is 6.71. The van der Waals surface area contributed by atoms with Crippen LogP contribution in [0.15, 0.2) is 24.5 Å². The maximum absolute atomic E-state index is 12.3. The number of carbonyl (C=O) groups excluding carboxylic acids is 1. The molecule has 0 spiro atoms. The van der Waals surface area contributed by atoms with E-state index in [1.165, 1.54) is 25.7 Å². The zero-order valence-corrected chi connectivity index (χ0v) is 13.5. The lowest BCUT2D eigenvalue weighted by Gasteiger charge is -2.13. The van der Waals surface area contributed by atoms with Gasteiger partial charge >= 0.3 is 0 Å². The molecule has 0 bridgehead atoms. The average Bonchev–Trinajstić information content (AvgIpc) is 3.22. The summed E-state index contributed by atoms with van der Waals surface area (Å²) in [5.41, 5.74) is 3.23. The van der Waals surface area contributed by atoms with Crippen LogP contribution in [0.5, 0.6) is 0 Å². The summed E-state index contributed by atoms with van der Waals surface area (Å²) in [5.74, 6) is 0.140. The highest BCUT2D eigenvalue weighted by atomic mass is 16.1. The van der Waals surface area contributed by atoms with Gasteiger partial charge in [-0.2, -0.15) is 0 Å². The topological polar surface area (TPSA) is 60.7 Å². The molecule has 118 valence electrons. The van der Waals surface area contributed by atoms with Crippen molar-refractivity contribution in [2.45, 2.75) is 45.6 Å². The molecule has 0 aliphatic heterocycles. The van der Waals surface area contributed by atoms with Gasteiger partial charge in [-0.15, -0.1) is 10.2 Å². The average molecular weight is 308 g/mol. The van der Waals surface area contributed by atoms with Crippen molar-refractivity contribution in [1.82, 2.24) is 19.7 Å². The highest BCUT2D eigenvalue weighted by Gasteiger charge is 2.21. The normalized spacial score (nSPS) is 16.0. The molecule has 3 aromatic rings. The Bertz CT molecular complexity index is 891. The van der Waals surface area contributed by atoms with Gasteiger partial charge < -0.3 is 4.57 Å². The van der Waals surface area contributed by atoms with Crippen LogP contribution in [0.4, 0.5) is 0 Å². The monoisotopic (exact) mass is 308 g/mol. The Hall–Kier alpha value is -2.30. The van der Waals surface area contributed by atoms with Gasteiger partial charge in [-0.3, -0.25) is 4.79 Å². The molecule has 23 heavy (non-hydrogen) atoms. The molecule has 0 radical (unpaired) electrons. The van der Waals surface area contributed by atoms with E-state index in [1.54, 1.807) is 0 Å². The maximum atomic E-state index is 12.3. The highest BCUT2D eigenvalue weighted by Crippen LogP contribution is 2.33. The third-order valence-corrected chi connectivity index (χ3v) is 4.81. The van der Waals surface area contributed by atoms with Crippen LogP contribution < -0.4 is 0 Å². The molecule has 1 aliphatic rings. The molecule has 0 N–H and O–H groups in total. The predicted molar refractivity (Wildman–Crippen MR) is 89.5 cm³/mol. The number of aromatic nitrogens is 4. The van der Waals surface area contributed by atoms with Crippen molar-refractivity contribution in [2.75, 3.05) is 0 Å². The largest absolute Gasteiger partial charge is 0.325 e. The highest BCUT2D eigenvalue weighted by molar-refractivity contribution is 6.06. The third kappa shape index (κ3) is 2.31. The summed E-state index contributed by atoms with van der Waals surface area (Å²) in [5, 5.41) is 9.48. The fourth-order valence-electron chi connectivity index (χ4n) is 3.54. The van der Waals surface area contributed by atoms with Gasteiger partial charge in [-0.1, -0.05) is 26.7 Å². The first-order chi connectivity index (χ1) is 11.1. The van der Waals surface area contributed by atoms with Crippen molar-refractivity contribution in [2.24, 2.45) is 5.92 Å². The van der Waals surface area contributed by atoms with Crippen LogP contribution in [0.3, 0.4) is 0 Å². The summed E-state index contributed by atoms with van der Waals surface area (Å²) >= 11 is 0. The van der Waals surface area contributed by atoms with Gasteiger partial charge in [0, 0.05) is 22.9 Å². The molecule has 0 amide bonds. The van der Waals surface area contributed by atoms with Crippen molar-refractivity contribution >= 4 is 27.9 Å². The Morgan fingerprint density at radius 1 is 1.22 bits per heavy atom. The number of Topliss-reactive ketones (excluding diaryl/α,β-unsaturated/α-hetero) is 1. The molecule has 5 nitrogen and oxygen atoms in total. The molecule has 5 heteroatoms. The summed E-state index contributed by atoms with van der Waals surface area (Å²) in [6.07, 6.45) is 6.77. The molecule has 2 heterocycles. The molecule has 1 aliphatic carbocycles. The van der Waals surface area contributed by atoms with Crippen molar-refractivity contribution in [3.63, 3.8) is 0 Å². The van der Waals surface area contributed by atoms with Crippen LogP contribution >= 0.6 is 0 Å². The van der Waals surface area contributed by atoms with Crippen molar-refractivity contribution in [1.29, 1.82) is 0 Å². The van der Waals surface area contributed by atoms with Gasteiger partial charge in [0.05, 0.1) is 17.4 Å². The summed E-state index contributed by atoms with van der Waals surface area (Å²) < 4.78 is 2.24. The quantitative estimate of drug-likeness (QED) is 0.688. The number of hydrogen-bond donors (Lipinski definition) is 0. The first-order valence-corrected chi connectivity index (χ1v) is 8.32. The van der Waals surface area contributed by atoms with E-state index in [9.17, 15) is 4.79 Å². The molecular formula is C18H20N4O. The van der Waals surface area contributed by atoms with E-state index in [4.69, 9.17) is 0 Å². The fraction of sp³-hybridized carbons (Fsp3) is 0.444. The van der Waals surface area contributed by atoms with Crippen molar-refractivity contribution < 1.29 is 4.79 Å². The molecule has 0 unspecified atom stereocenters. The second-order valence-electron chi connectivity index (χ2n) is 6.71.